The van der Waals surface area contributed by atoms with E-state index in [1.165, 1.54) is 0 Å². The molecule has 64 valence electrons. The van der Waals surface area contributed by atoms with Crippen molar-refractivity contribution in [2.24, 2.45) is 0 Å². The number of rotatable bonds is 0. The van der Waals surface area contributed by atoms with E-state index < -0.39 is 0 Å². The first-order valence-corrected chi connectivity index (χ1v) is 5.82. The van der Waals surface area contributed by atoms with Crippen molar-refractivity contribution in [3.05, 3.63) is 31.7 Å². The molecule has 0 saturated heterocycles. The molecule has 0 aliphatic heterocycles. The molecular formula is C9H3ClINS. The molecule has 4 heteroatoms. The van der Waals surface area contributed by atoms with Crippen molar-refractivity contribution in [2.45, 2.75) is 0 Å². The molecule has 1 nitrogen and oxygen atoms in total. The third-order valence-corrected chi connectivity index (χ3v) is 3.92. The Kier molecular flexibility index (Phi) is 2.45. The molecule has 13 heavy (non-hydrogen) atoms. The van der Waals surface area contributed by atoms with Crippen molar-refractivity contribution in [3.8, 4) is 6.07 Å². The molecule has 0 bridgehead atoms. The van der Waals surface area contributed by atoms with Gasteiger partial charge in [0, 0.05) is 19.0 Å². The van der Waals surface area contributed by atoms with Gasteiger partial charge >= 0.3 is 0 Å². The zero-order valence-electron chi connectivity index (χ0n) is 6.34. The first-order valence-electron chi connectivity index (χ1n) is 3.48. The maximum atomic E-state index is 8.75. The van der Waals surface area contributed by atoms with Gasteiger partial charge in [0.15, 0.2) is 0 Å². The molecule has 0 spiro atoms. The van der Waals surface area contributed by atoms with Crippen LogP contribution in [0.25, 0.3) is 10.1 Å². The Morgan fingerprint density at radius 3 is 2.92 bits per heavy atom. The van der Waals surface area contributed by atoms with Crippen LogP contribution in [0.3, 0.4) is 0 Å². The molecule has 0 aliphatic carbocycles. The zero-order chi connectivity index (χ0) is 9.42. The van der Waals surface area contributed by atoms with Crippen LogP contribution in [0.1, 0.15) is 5.56 Å². The predicted octanol–water partition coefficient (Wildman–Crippen LogP) is 4.03. The Balaban J connectivity index is 2.89. The van der Waals surface area contributed by atoms with Crippen molar-refractivity contribution in [2.75, 3.05) is 0 Å². The number of halogens is 2. The van der Waals surface area contributed by atoms with E-state index in [0.717, 1.165) is 18.7 Å². The monoisotopic (exact) mass is 319 g/mol. The Morgan fingerprint density at radius 2 is 2.23 bits per heavy atom. The van der Waals surface area contributed by atoms with Gasteiger partial charge in [-0.3, -0.25) is 0 Å². The largest absolute Gasteiger partial charge is 0.192 e. The molecule has 0 aliphatic rings. The standard InChI is InChI=1S/C9H3ClINS/c10-6-4-13-8-2-5(3-12)1-7(11)9(6)8/h1-2,4H. The second kappa shape index (κ2) is 3.45. The van der Waals surface area contributed by atoms with Crippen LogP contribution >= 0.6 is 45.5 Å². The molecule has 0 radical (unpaired) electrons. The average molecular weight is 320 g/mol. The first kappa shape index (κ1) is 9.25. The summed E-state index contributed by atoms with van der Waals surface area (Å²) in [7, 11) is 0. The highest BCUT2D eigenvalue weighted by Crippen LogP contribution is 2.34. The summed E-state index contributed by atoms with van der Waals surface area (Å²) in [5.41, 5.74) is 0.690. The quantitative estimate of drug-likeness (QED) is 0.673. The molecule has 0 atom stereocenters. The number of thiophene rings is 1. The van der Waals surface area contributed by atoms with E-state index in [-0.39, 0.29) is 0 Å². The van der Waals surface area contributed by atoms with E-state index in [1.807, 2.05) is 17.5 Å². The average Bonchev–Trinajstić information content (AvgIpc) is 2.48. The molecule has 0 N–H and O–H groups in total. The number of hydrogen-bond donors (Lipinski definition) is 0. The number of hydrogen-bond acceptors (Lipinski definition) is 2. The normalized spacial score (nSPS) is 10.2. The number of nitriles is 1. The molecule has 0 unspecified atom stereocenters. The van der Waals surface area contributed by atoms with Gasteiger partial charge in [0.1, 0.15) is 0 Å². The summed E-state index contributed by atoms with van der Waals surface area (Å²) >= 11 is 9.77. The number of benzene rings is 1. The van der Waals surface area contributed by atoms with E-state index in [2.05, 4.69) is 28.7 Å². The smallest absolute Gasteiger partial charge is 0.0992 e. The minimum absolute atomic E-state index is 0.690. The van der Waals surface area contributed by atoms with Crippen molar-refractivity contribution >= 4 is 55.6 Å². The van der Waals surface area contributed by atoms with Gasteiger partial charge in [-0.05, 0) is 34.7 Å². The topological polar surface area (TPSA) is 23.8 Å². The van der Waals surface area contributed by atoms with Crippen LogP contribution < -0.4 is 0 Å². The molecule has 0 saturated carbocycles. The van der Waals surface area contributed by atoms with Gasteiger partial charge in [0.05, 0.1) is 16.7 Å². The molecule has 0 amide bonds. The van der Waals surface area contributed by atoms with Crippen LogP contribution in [0.15, 0.2) is 17.5 Å². The molecule has 1 aromatic carbocycles. The lowest BCUT2D eigenvalue weighted by Gasteiger charge is -1.95. The zero-order valence-corrected chi connectivity index (χ0v) is 10.1. The van der Waals surface area contributed by atoms with Gasteiger partial charge < -0.3 is 0 Å². The van der Waals surface area contributed by atoms with Crippen LogP contribution in [0.2, 0.25) is 5.02 Å². The van der Waals surface area contributed by atoms with Gasteiger partial charge in [-0.25, -0.2) is 0 Å². The van der Waals surface area contributed by atoms with Gasteiger partial charge in [-0.1, -0.05) is 11.6 Å². The van der Waals surface area contributed by atoms with E-state index in [1.54, 1.807) is 11.3 Å². The van der Waals surface area contributed by atoms with Crippen LogP contribution in [0.5, 0.6) is 0 Å². The van der Waals surface area contributed by atoms with Gasteiger partial charge in [-0.15, -0.1) is 11.3 Å². The van der Waals surface area contributed by atoms with E-state index >= 15 is 0 Å². The fraction of sp³-hybridized carbons (Fsp3) is 0. The van der Waals surface area contributed by atoms with Crippen LogP contribution in [0, 0.1) is 14.9 Å². The molecular weight excluding hydrogens is 317 g/mol. The van der Waals surface area contributed by atoms with Crippen LogP contribution in [-0.4, -0.2) is 0 Å². The molecule has 1 aromatic heterocycles. The summed E-state index contributed by atoms with van der Waals surface area (Å²) in [4.78, 5) is 0. The summed E-state index contributed by atoms with van der Waals surface area (Å²) < 4.78 is 2.12. The number of fused-ring (bicyclic) bond motifs is 1. The Labute approximate surface area is 98.1 Å². The molecule has 2 aromatic rings. The van der Waals surface area contributed by atoms with Crippen LogP contribution in [-0.2, 0) is 0 Å². The first-order chi connectivity index (χ1) is 6.22. The van der Waals surface area contributed by atoms with Crippen molar-refractivity contribution in [1.29, 1.82) is 5.26 Å². The predicted molar refractivity (Wildman–Crippen MR) is 64.3 cm³/mol. The van der Waals surface area contributed by atoms with Crippen molar-refractivity contribution in [1.82, 2.24) is 0 Å². The molecule has 1 heterocycles. The maximum absolute atomic E-state index is 8.75. The molecule has 0 fully saturated rings. The van der Waals surface area contributed by atoms with E-state index in [4.69, 9.17) is 16.9 Å². The summed E-state index contributed by atoms with van der Waals surface area (Å²) in [6, 6.07) is 5.85. The Bertz CT molecular complexity index is 512. The summed E-state index contributed by atoms with van der Waals surface area (Å²) in [5.74, 6) is 0. The third-order valence-electron chi connectivity index (χ3n) is 1.71. The fourth-order valence-corrected chi connectivity index (χ4v) is 3.68. The van der Waals surface area contributed by atoms with E-state index in [9.17, 15) is 0 Å². The lowest BCUT2D eigenvalue weighted by Crippen LogP contribution is -1.77. The van der Waals surface area contributed by atoms with Gasteiger partial charge in [-0.2, -0.15) is 5.26 Å². The highest BCUT2D eigenvalue weighted by Gasteiger charge is 2.07. The Morgan fingerprint density at radius 1 is 1.46 bits per heavy atom. The highest BCUT2D eigenvalue weighted by molar-refractivity contribution is 14.1. The Hall–Kier alpha value is -0.310. The maximum Gasteiger partial charge on any atom is 0.0992 e. The highest BCUT2D eigenvalue weighted by atomic mass is 127. The van der Waals surface area contributed by atoms with Crippen molar-refractivity contribution < 1.29 is 0 Å². The number of nitrogens with zero attached hydrogens (tertiary/aromatic N) is 1. The minimum atomic E-state index is 0.690. The van der Waals surface area contributed by atoms with Crippen LogP contribution in [0.4, 0.5) is 0 Å². The summed E-state index contributed by atoms with van der Waals surface area (Å²) in [6.45, 7) is 0. The fourth-order valence-electron chi connectivity index (χ4n) is 1.14. The summed E-state index contributed by atoms with van der Waals surface area (Å²) in [6.07, 6.45) is 0. The van der Waals surface area contributed by atoms with E-state index in [0.29, 0.717) is 5.56 Å². The third kappa shape index (κ3) is 1.54. The van der Waals surface area contributed by atoms with Gasteiger partial charge in [0.2, 0.25) is 0 Å². The van der Waals surface area contributed by atoms with Gasteiger partial charge in [0.25, 0.3) is 0 Å². The second-order valence-corrected chi connectivity index (χ2v) is 5.01. The summed E-state index contributed by atoms with van der Waals surface area (Å²) in [5, 5.41) is 12.5. The van der Waals surface area contributed by atoms with Crippen molar-refractivity contribution in [3.63, 3.8) is 0 Å². The minimum Gasteiger partial charge on any atom is -0.192 e. The lowest BCUT2D eigenvalue weighted by molar-refractivity contribution is 1.49. The lowest BCUT2D eigenvalue weighted by atomic mass is 10.2. The SMILES string of the molecule is N#Cc1cc(I)c2c(Cl)csc2c1. The molecule has 2 rings (SSSR count). The second-order valence-electron chi connectivity index (χ2n) is 2.53.